The van der Waals surface area contributed by atoms with Crippen LogP contribution in [0.5, 0.6) is 5.75 Å². The number of aromatic carboxylic acids is 1. The number of nitriles is 1. The molecule has 30 heavy (non-hydrogen) atoms. The van der Waals surface area contributed by atoms with Crippen LogP contribution in [0.15, 0.2) is 53.0 Å². The molecule has 3 rings (SSSR count). The van der Waals surface area contributed by atoms with Crippen LogP contribution in [-0.2, 0) is 11.3 Å². The number of nitrogens with one attached hydrogen (secondary N) is 1. The average Bonchev–Trinajstić information content (AvgIpc) is 3.07. The monoisotopic (exact) mass is 486 g/mol. The second-order valence-electron chi connectivity index (χ2n) is 6.14. The zero-order chi connectivity index (χ0) is 21.7. The van der Waals surface area contributed by atoms with E-state index in [4.69, 9.17) is 15.1 Å². The Kier molecular flexibility index (Phi) is 6.72. The molecule has 2 aromatic carbocycles. The molecular formula is C21H15BrN2O5S. The Morgan fingerprint density at radius 3 is 2.63 bits per heavy atom. The summed E-state index contributed by atoms with van der Waals surface area (Å²) in [7, 11) is 0. The predicted octanol–water partition coefficient (Wildman–Crippen LogP) is 4.82. The quantitative estimate of drug-likeness (QED) is 0.417. The first kappa shape index (κ1) is 21.4. The Morgan fingerprint density at radius 2 is 1.93 bits per heavy atom. The fourth-order valence-electron chi connectivity index (χ4n) is 2.71. The van der Waals surface area contributed by atoms with Crippen LogP contribution in [0.25, 0.3) is 10.4 Å². The van der Waals surface area contributed by atoms with Crippen LogP contribution in [0.2, 0.25) is 0 Å². The maximum atomic E-state index is 11.6. The van der Waals surface area contributed by atoms with Crippen LogP contribution in [0, 0.1) is 11.3 Å². The number of hydrogen-bond acceptors (Lipinski definition) is 6. The number of carboxylic acids is 2. The number of carbonyl (C=O) groups is 2. The lowest BCUT2D eigenvalue weighted by Gasteiger charge is -2.09. The molecule has 7 nitrogen and oxygen atoms in total. The van der Waals surface area contributed by atoms with Gasteiger partial charge in [-0.25, -0.2) is 9.59 Å². The Bertz CT molecular complexity index is 1150. The van der Waals surface area contributed by atoms with Crippen LogP contribution >= 0.6 is 27.3 Å². The molecule has 0 unspecified atom stereocenters. The van der Waals surface area contributed by atoms with E-state index >= 15 is 0 Å². The molecule has 0 bridgehead atoms. The van der Waals surface area contributed by atoms with E-state index in [0.29, 0.717) is 21.5 Å². The van der Waals surface area contributed by atoms with Crippen molar-refractivity contribution in [2.24, 2.45) is 0 Å². The highest BCUT2D eigenvalue weighted by Gasteiger charge is 2.24. The third-order valence-electron chi connectivity index (χ3n) is 4.02. The van der Waals surface area contributed by atoms with Gasteiger partial charge < -0.3 is 20.3 Å². The van der Waals surface area contributed by atoms with Crippen LogP contribution in [-0.4, -0.2) is 28.8 Å². The Morgan fingerprint density at radius 1 is 1.17 bits per heavy atom. The van der Waals surface area contributed by atoms with E-state index in [-0.39, 0.29) is 10.6 Å². The van der Waals surface area contributed by atoms with Gasteiger partial charge in [-0.05, 0) is 51.3 Å². The summed E-state index contributed by atoms with van der Waals surface area (Å²) >= 11 is 4.35. The van der Waals surface area contributed by atoms with Gasteiger partial charge in [-0.1, -0.05) is 24.3 Å². The van der Waals surface area contributed by atoms with Crippen molar-refractivity contribution in [2.45, 2.75) is 6.54 Å². The number of rotatable bonds is 8. The van der Waals surface area contributed by atoms with Gasteiger partial charge in [0.15, 0.2) is 17.2 Å². The smallest absolute Gasteiger partial charge is 0.349 e. The summed E-state index contributed by atoms with van der Waals surface area (Å²) in [5.41, 5.74) is 3.09. The fourth-order valence-corrected chi connectivity index (χ4v) is 4.60. The molecule has 0 amide bonds. The molecule has 0 saturated carbocycles. The van der Waals surface area contributed by atoms with E-state index in [0.717, 1.165) is 28.2 Å². The molecule has 3 aromatic rings. The number of ether oxygens (including phenoxy) is 1. The maximum absolute atomic E-state index is 11.6. The van der Waals surface area contributed by atoms with Crippen molar-refractivity contribution in [3.05, 3.63) is 69.0 Å². The van der Waals surface area contributed by atoms with Crippen molar-refractivity contribution in [2.75, 3.05) is 11.9 Å². The van der Waals surface area contributed by atoms with Crippen molar-refractivity contribution < 1.29 is 24.5 Å². The molecule has 0 radical (unpaired) electrons. The highest BCUT2D eigenvalue weighted by Crippen LogP contribution is 2.46. The second-order valence-corrected chi connectivity index (χ2v) is 7.95. The summed E-state index contributed by atoms with van der Waals surface area (Å²) in [6.45, 7) is -0.129. The highest BCUT2D eigenvalue weighted by atomic mass is 79.9. The molecule has 1 heterocycles. The summed E-state index contributed by atoms with van der Waals surface area (Å²) in [5.74, 6) is -2.40. The standard InChI is InChI=1S/C21H15BrN2O5S/c22-17-18(29-11-16(25)26)20(21(27)28)30-19(17)14-5-2-6-15(8-14)24-10-13-4-1-3-12(7-13)9-23/h1-8,24H,10-11H2,(H,25,26)(H,27,28). The summed E-state index contributed by atoms with van der Waals surface area (Å²) < 4.78 is 5.58. The van der Waals surface area contributed by atoms with Crippen LogP contribution < -0.4 is 10.1 Å². The topological polar surface area (TPSA) is 120 Å². The molecular weight excluding hydrogens is 472 g/mol. The van der Waals surface area contributed by atoms with Crippen molar-refractivity contribution in [3.63, 3.8) is 0 Å². The number of nitrogens with zero attached hydrogens (tertiary/aromatic N) is 1. The minimum Gasteiger partial charge on any atom is -0.479 e. The third kappa shape index (κ3) is 4.97. The Hall–Kier alpha value is -3.35. The molecule has 0 spiro atoms. The Labute approximate surface area is 184 Å². The number of thiophene rings is 1. The van der Waals surface area contributed by atoms with Crippen molar-refractivity contribution in [1.29, 1.82) is 5.26 Å². The normalized spacial score (nSPS) is 10.3. The van der Waals surface area contributed by atoms with Gasteiger partial charge in [0.25, 0.3) is 0 Å². The largest absolute Gasteiger partial charge is 0.479 e. The summed E-state index contributed by atoms with van der Waals surface area (Å²) in [4.78, 5) is 22.9. The van der Waals surface area contributed by atoms with Gasteiger partial charge in [0.1, 0.15) is 0 Å². The van der Waals surface area contributed by atoms with Gasteiger partial charge in [0.2, 0.25) is 0 Å². The first-order valence-corrected chi connectivity index (χ1v) is 10.2. The van der Waals surface area contributed by atoms with Gasteiger partial charge in [0, 0.05) is 12.2 Å². The molecule has 0 saturated heterocycles. The van der Waals surface area contributed by atoms with Gasteiger partial charge in [0.05, 0.1) is 21.0 Å². The van der Waals surface area contributed by atoms with E-state index in [9.17, 15) is 14.7 Å². The molecule has 3 N–H and O–H groups in total. The van der Waals surface area contributed by atoms with Crippen molar-refractivity contribution >= 4 is 44.9 Å². The lowest BCUT2D eigenvalue weighted by molar-refractivity contribution is -0.139. The minimum absolute atomic E-state index is 0.00317. The SMILES string of the molecule is N#Cc1cccc(CNc2cccc(-c3sc(C(=O)O)c(OCC(=O)O)c3Br)c2)c1. The summed E-state index contributed by atoms with van der Waals surface area (Å²) in [6, 6.07) is 16.8. The van der Waals surface area contributed by atoms with E-state index in [1.54, 1.807) is 12.1 Å². The van der Waals surface area contributed by atoms with E-state index in [1.165, 1.54) is 0 Å². The minimum atomic E-state index is -1.20. The summed E-state index contributed by atoms with van der Waals surface area (Å²) in [6.07, 6.45) is 0. The van der Waals surface area contributed by atoms with Crippen molar-refractivity contribution in [3.8, 4) is 22.3 Å². The van der Waals surface area contributed by atoms with Crippen LogP contribution in [0.4, 0.5) is 5.69 Å². The van der Waals surface area contributed by atoms with Gasteiger partial charge >= 0.3 is 11.9 Å². The molecule has 1 aromatic heterocycles. The molecule has 0 aliphatic rings. The van der Waals surface area contributed by atoms with E-state index in [2.05, 4.69) is 27.3 Å². The first-order valence-electron chi connectivity index (χ1n) is 8.62. The number of anilines is 1. The molecule has 0 fully saturated rings. The number of benzene rings is 2. The predicted molar refractivity (Wildman–Crippen MR) is 116 cm³/mol. The Balaban J connectivity index is 1.86. The zero-order valence-electron chi connectivity index (χ0n) is 15.4. The van der Waals surface area contributed by atoms with Gasteiger partial charge in [-0.15, -0.1) is 11.3 Å². The highest BCUT2D eigenvalue weighted by molar-refractivity contribution is 9.10. The molecule has 0 aliphatic carbocycles. The molecule has 0 aliphatic heterocycles. The average molecular weight is 487 g/mol. The second kappa shape index (κ2) is 9.43. The molecule has 152 valence electrons. The van der Waals surface area contributed by atoms with Crippen LogP contribution in [0.3, 0.4) is 0 Å². The number of carboxylic acid groups (broad SMARTS) is 2. The van der Waals surface area contributed by atoms with E-state index in [1.807, 2.05) is 36.4 Å². The molecule has 9 heteroatoms. The summed E-state index contributed by atoms with van der Waals surface area (Å²) in [5, 5.41) is 30.6. The van der Waals surface area contributed by atoms with Crippen LogP contribution in [0.1, 0.15) is 20.8 Å². The number of aliphatic carboxylic acids is 1. The lowest BCUT2D eigenvalue weighted by Crippen LogP contribution is -2.11. The fraction of sp³-hybridized carbons (Fsp3) is 0.0952. The maximum Gasteiger partial charge on any atom is 0.349 e. The van der Waals surface area contributed by atoms with Gasteiger partial charge in [-0.2, -0.15) is 5.26 Å². The third-order valence-corrected chi connectivity index (χ3v) is 6.25. The number of halogens is 1. The zero-order valence-corrected chi connectivity index (χ0v) is 17.8. The molecule has 0 atom stereocenters. The number of hydrogen-bond donors (Lipinski definition) is 3. The van der Waals surface area contributed by atoms with Gasteiger partial charge in [-0.3, -0.25) is 0 Å². The lowest BCUT2D eigenvalue weighted by atomic mass is 10.1. The first-order chi connectivity index (χ1) is 14.4. The van der Waals surface area contributed by atoms with E-state index < -0.39 is 18.5 Å². The van der Waals surface area contributed by atoms with Crippen molar-refractivity contribution in [1.82, 2.24) is 0 Å².